The summed E-state index contributed by atoms with van der Waals surface area (Å²) in [6, 6.07) is 19.6. The van der Waals surface area contributed by atoms with Crippen LogP contribution in [0, 0.1) is 6.92 Å². The van der Waals surface area contributed by atoms with E-state index in [0.717, 1.165) is 11.4 Å². The lowest BCUT2D eigenvalue weighted by molar-refractivity contribution is -0.122. The number of carbonyl (C=O) groups excluding carboxylic acids is 2. The molecule has 3 rings (SSSR count). The maximum absolute atomic E-state index is 12.7. The molecule has 1 aromatic heterocycles. The molecule has 3 aromatic rings. The van der Waals surface area contributed by atoms with Gasteiger partial charge in [0.25, 0.3) is 5.91 Å². The van der Waals surface area contributed by atoms with Gasteiger partial charge in [-0.15, -0.1) is 0 Å². The van der Waals surface area contributed by atoms with Crippen LogP contribution in [0.5, 0.6) is 0 Å². The minimum Gasteiger partial charge on any atom is -0.357 e. The van der Waals surface area contributed by atoms with Gasteiger partial charge in [-0.3, -0.25) is 9.59 Å². The average Bonchev–Trinajstić information content (AvgIpc) is 3.08. The predicted molar refractivity (Wildman–Crippen MR) is 99.0 cm³/mol. The van der Waals surface area contributed by atoms with Crippen molar-refractivity contribution in [1.82, 2.24) is 20.4 Å². The van der Waals surface area contributed by atoms with Crippen molar-refractivity contribution < 1.29 is 9.59 Å². The first-order chi connectivity index (χ1) is 12.6. The second kappa shape index (κ2) is 7.65. The Labute approximate surface area is 151 Å². The van der Waals surface area contributed by atoms with E-state index in [-0.39, 0.29) is 11.6 Å². The van der Waals surface area contributed by atoms with E-state index in [1.54, 1.807) is 29.9 Å². The molecule has 0 spiro atoms. The molecule has 0 radical (unpaired) electrons. The Kier molecular flexibility index (Phi) is 5.12. The molecule has 132 valence electrons. The molecule has 2 aromatic carbocycles. The zero-order valence-corrected chi connectivity index (χ0v) is 14.6. The minimum absolute atomic E-state index is 0.260. The molecule has 0 aliphatic rings. The predicted octanol–water partition coefficient (Wildman–Crippen LogP) is 2.40. The molecule has 0 saturated heterocycles. The van der Waals surface area contributed by atoms with E-state index in [1.165, 1.54) is 0 Å². The third-order valence-electron chi connectivity index (χ3n) is 4.04. The van der Waals surface area contributed by atoms with Gasteiger partial charge in [0.05, 0.1) is 5.69 Å². The minimum atomic E-state index is -0.782. The molecule has 1 atom stereocenters. The Balaban J connectivity index is 1.86. The Morgan fingerprint density at radius 1 is 1.00 bits per heavy atom. The summed E-state index contributed by atoms with van der Waals surface area (Å²) in [6.07, 6.45) is 0. The van der Waals surface area contributed by atoms with Gasteiger partial charge in [0.1, 0.15) is 6.04 Å². The van der Waals surface area contributed by atoms with E-state index < -0.39 is 11.9 Å². The number of amides is 2. The fourth-order valence-electron chi connectivity index (χ4n) is 2.71. The third kappa shape index (κ3) is 3.64. The molecule has 6 nitrogen and oxygen atoms in total. The van der Waals surface area contributed by atoms with Crippen LogP contribution in [-0.4, -0.2) is 28.6 Å². The summed E-state index contributed by atoms with van der Waals surface area (Å²) in [5.41, 5.74) is 2.67. The lowest BCUT2D eigenvalue weighted by Gasteiger charge is -2.17. The molecule has 0 bridgehead atoms. The molecule has 1 heterocycles. The van der Waals surface area contributed by atoms with E-state index >= 15 is 0 Å². The van der Waals surface area contributed by atoms with Crippen molar-refractivity contribution in [2.75, 3.05) is 7.05 Å². The second-order valence-corrected chi connectivity index (χ2v) is 5.85. The van der Waals surface area contributed by atoms with E-state index in [4.69, 9.17) is 0 Å². The largest absolute Gasteiger partial charge is 0.357 e. The van der Waals surface area contributed by atoms with Crippen molar-refractivity contribution in [3.63, 3.8) is 0 Å². The summed E-state index contributed by atoms with van der Waals surface area (Å²) in [4.78, 5) is 24.9. The van der Waals surface area contributed by atoms with E-state index in [2.05, 4.69) is 15.7 Å². The molecular weight excluding hydrogens is 328 g/mol. The highest BCUT2D eigenvalue weighted by Crippen LogP contribution is 2.15. The summed E-state index contributed by atoms with van der Waals surface area (Å²) in [5.74, 6) is -0.691. The molecule has 2 amide bonds. The Morgan fingerprint density at radius 2 is 1.62 bits per heavy atom. The van der Waals surface area contributed by atoms with Gasteiger partial charge in [-0.1, -0.05) is 48.5 Å². The van der Waals surface area contributed by atoms with Crippen molar-refractivity contribution in [2.45, 2.75) is 13.0 Å². The summed E-state index contributed by atoms with van der Waals surface area (Å²) >= 11 is 0. The number of benzene rings is 2. The normalized spacial score (nSPS) is 11.6. The number of hydrogen-bond donors (Lipinski definition) is 2. The van der Waals surface area contributed by atoms with Crippen LogP contribution in [0.2, 0.25) is 0 Å². The van der Waals surface area contributed by atoms with Crippen LogP contribution in [0.1, 0.15) is 27.8 Å². The SMILES string of the molecule is CNC(=O)[C@@H](NC(=O)c1cc(C)n(-c2ccccc2)n1)c1ccccc1. The Hall–Kier alpha value is -3.41. The van der Waals surface area contributed by atoms with Crippen molar-refractivity contribution in [1.29, 1.82) is 0 Å². The number of nitrogens with zero attached hydrogens (tertiary/aromatic N) is 2. The van der Waals surface area contributed by atoms with Crippen LogP contribution in [-0.2, 0) is 4.79 Å². The van der Waals surface area contributed by atoms with Gasteiger partial charge in [0.15, 0.2) is 5.69 Å². The standard InChI is InChI=1S/C20H20N4O2/c1-14-13-17(23-24(14)16-11-7-4-8-12-16)19(25)22-18(20(26)21-2)15-9-5-3-6-10-15/h3-13,18H,1-2H3,(H,21,26)(H,22,25)/t18-/m0/s1. The number of likely N-dealkylation sites (N-methyl/N-ethyl adjacent to an activating group) is 1. The van der Waals surface area contributed by atoms with Gasteiger partial charge >= 0.3 is 0 Å². The first-order valence-corrected chi connectivity index (χ1v) is 8.29. The molecule has 0 aliphatic heterocycles. The summed E-state index contributed by atoms with van der Waals surface area (Å²) in [6.45, 7) is 1.88. The van der Waals surface area contributed by atoms with Gasteiger partial charge in [-0.25, -0.2) is 4.68 Å². The highest BCUT2D eigenvalue weighted by atomic mass is 16.2. The molecule has 0 unspecified atom stereocenters. The van der Waals surface area contributed by atoms with E-state index in [0.29, 0.717) is 5.56 Å². The second-order valence-electron chi connectivity index (χ2n) is 5.85. The zero-order valence-electron chi connectivity index (χ0n) is 14.6. The number of aryl methyl sites for hydroxylation is 1. The van der Waals surface area contributed by atoms with Crippen LogP contribution >= 0.6 is 0 Å². The monoisotopic (exact) mass is 348 g/mol. The average molecular weight is 348 g/mol. The van der Waals surface area contributed by atoms with Crippen LogP contribution < -0.4 is 10.6 Å². The smallest absolute Gasteiger partial charge is 0.272 e. The number of rotatable bonds is 5. The number of para-hydroxylation sites is 1. The maximum atomic E-state index is 12.7. The summed E-state index contributed by atoms with van der Waals surface area (Å²) < 4.78 is 1.70. The highest BCUT2D eigenvalue weighted by Gasteiger charge is 2.23. The topological polar surface area (TPSA) is 76.0 Å². The molecular formula is C20H20N4O2. The van der Waals surface area contributed by atoms with Crippen molar-refractivity contribution >= 4 is 11.8 Å². The lowest BCUT2D eigenvalue weighted by Crippen LogP contribution is -2.39. The fraction of sp³-hybridized carbons (Fsp3) is 0.150. The molecule has 0 aliphatic carbocycles. The maximum Gasteiger partial charge on any atom is 0.272 e. The van der Waals surface area contributed by atoms with Gasteiger partial charge in [-0.2, -0.15) is 5.10 Å². The quantitative estimate of drug-likeness (QED) is 0.743. The number of aromatic nitrogens is 2. The first-order valence-electron chi connectivity index (χ1n) is 8.29. The Morgan fingerprint density at radius 3 is 2.23 bits per heavy atom. The molecule has 6 heteroatoms. The van der Waals surface area contributed by atoms with Crippen molar-refractivity contribution in [3.05, 3.63) is 83.7 Å². The van der Waals surface area contributed by atoms with E-state index in [1.807, 2.05) is 55.5 Å². The summed E-state index contributed by atoms with van der Waals surface area (Å²) in [7, 11) is 1.54. The molecule has 0 saturated carbocycles. The van der Waals surface area contributed by atoms with E-state index in [9.17, 15) is 9.59 Å². The van der Waals surface area contributed by atoms with Crippen LogP contribution in [0.4, 0.5) is 0 Å². The highest BCUT2D eigenvalue weighted by molar-refractivity contribution is 5.96. The molecule has 0 fully saturated rings. The lowest BCUT2D eigenvalue weighted by atomic mass is 10.1. The zero-order chi connectivity index (χ0) is 18.5. The van der Waals surface area contributed by atoms with Crippen molar-refractivity contribution in [2.24, 2.45) is 0 Å². The third-order valence-corrected chi connectivity index (χ3v) is 4.04. The van der Waals surface area contributed by atoms with Crippen LogP contribution in [0.3, 0.4) is 0 Å². The number of carbonyl (C=O) groups is 2. The van der Waals surface area contributed by atoms with Gasteiger partial charge in [0, 0.05) is 12.7 Å². The van der Waals surface area contributed by atoms with Gasteiger partial charge in [0.2, 0.25) is 5.91 Å². The summed E-state index contributed by atoms with van der Waals surface area (Å²) in [5, 5.41) is 9.73. The number of nitrogens with one attached hydrogen (secondary N) is 2. The van der Waals surface area contributed by atoms with Gasteiger partial charge < -0.3 is 10.6 Å². The van der Waals surface area contributed by atoms with Crippen LogP contribution in [0.25, 0.3) is 5.69 Å². The molecule has 2 N–H and O–H groups in total. The van der Waals surface area contributed by atoms with Crippen molar-refractivity contribution in [3.8, 4) is 5.69 Å². The van der Waals surface area contributed by atoms with Crippen LogP contribution in [0.15, 0.2) is 66.7 Å². The number of hydrogen-bond acceptors (Lipinski definition) is 3. The Bertz CT molecular complexity index is 904. The fourth-order valence-corrected chi connectivity index (χ4v) is 2.71. The molecule has 26 heavy (non-hydrogen) atoms. The van der Waals surface area contributed by atoms with Gasteiger partial charge in [-0.05, 0) is 30.7 Å². The first kappa shape index (κ1) is 17.4.